The molecule has 0 bridgehead atoms. The highest BCUT2D eigenvalue weighted by Gasteiger charge is 2.03. The average Bonchev–Trinajstić information content (AvgIpc) is 2.87. The van der Waals surface area contributed by atoms with Crippen LogP contribution >= 0.6 is 11.3 Å². The number of benzene rings is 1. The number of aromatic nitrogens is 1. The number of hydrogen-bond acceptors (Lipinski definition) is 3. The Morgan fingerprint density at radius 2 is 1.90 bits per heavy atom. The number of nitrogens with one attached hydrogen (secondary N) is 1. The zero-order valence-electron chi connectivity index (χ0n) is 12.6. The summed E-state index contributed by atoms with van der Waals surface area (Å²) in [5.41, 5.74) is 3.70. The van der Waals surface area contributed by atoms with Crippen LogP contribution in [0.5, 0.6) is 0 Å². The van der Waals surface area contributed by atoms with Crippen molar-refractivity contribution >= 4 is 17.0 Å². The minimum Gasteiger partial charge on any atom is -0.385 e. The lowest BCUT2D eigenvalue weighted by Gasteiger charge is -2.05. The van der Waals surface area contributed by atoms with Crippen molar-refractivity contribution in [3.05, 3.63) is 45.9 Å². The predicted molar refractivity (Wildman–Crippen MR) is 88.6 cm³/mol. The second-order valence-corrected chi connectivity index (χ2v) is 6.65. The molecule has 3 heteroatoms. The Morgan fingerprint density at radius 1 is 1.15 bits per heavy atom. The highest BCUT2D eigenvalue weighted by molar-refractivity contribution is 7.09. The van der Waals surface area contributed by atoms with E-state index in [4.69, 9.17) is 4.98 Å². The molecule has 1 heterocycles. The molecule has 0 spiro atoms. The first-order chi connectivity index (χ1) is 9.63. The number of rotatable bonds is 7. The zero-order valence-corrected chi connectivity index (χ0v) is 13.5. The summed E-state index contributed by atoms with van der Waals surface area (Å²) in [5.74, 6) is 0.755. The third-order valence-electron chi connectivity index (χ3n) is 3.30. The van der Waals surface area contributed by atoms with Gasteiger partial charge in [-0.1, -0.05) is 31.5 Å². The van der Waals surface area contributed by atoms with Gasteiger partial charge in [0.2, 0.25) is 0 Å². The maximum absolute atomic E-state index is 4.71. The van der Waals surface area contributed by atoms with Crippen LogP contribution in [0.3, 0.4) is 0 Å². The highest BCUT2D eigenvalue weighted by Crippen LogP contribution is 2.15. The van der Waals surface area contributed by atoms with Gasteiger partial charge >= 0.3 is 0 Å². The van der Waals surface area contributed by atoms with E-state index >= 15 is 0 Å². The molecule has 0 aliphatic carbocycles. The van der Waals surface area contributed by atoms with Gasteiger partial charge in [-0.3, -0.25) is 0 Å². The lowest BCUT2D eigenvalue weighted by atomic mass is 10.1. The number of nitrogens with zero attached hydrogens (tertiary/aromatic N) is 1. The van der Waals surface area contributed by atoms with E-state index in [1.807, 2.05) is 0 Å². The van der Waals surface area contributed by atoms with E-state index in [1.165, 1.54) is 28.4 Å². The van der Waals surface area contributed by atoms with Crippen molar-refractivity contribution in [3.63, 3.8) is 0 Å². The van der Waals surface area contributed by atoms with Crippen molar-refractivity contribution < 1.29 is 0 Å². The Bertz CT molecular complexity index is 514. The minimum absolute atomic E-state index is 0.755. The molecular formula is C17H24N2S. The van der Waals surface area contributed by atoms with Gasteiger partial charge in [0.25, 0.3) is 0 Å². The van der Waals surface area contributed by atoms with Crippen LogP contribution in [0.4, 0.5) is 5.69 Å². The van der Waals surface area contributed by atoms with Gasteiger partial charge in [-0.15, -0.1) is 11.3 Å². The van der Waals surface area contributed by atoms with Crippen LogP contribution in [-0.2, 0) is 12.8 Å². The smallest absolute Gasteiger partial charge is 0.0928 e. The van der Waals surface area contributed by atoms with Crippen molar-refractivity contribution in [2.24, 2.45) is 5.92 Å². The Morgan fingerprint density at radius 3 is 2.60 bits per heavy atom. The van der Waals surface area contributed by atoms with E-state index in [-0.39, 0.29) is 0 Å². The summed E-state index contributed by atoms with van der Waals surface area (Å²) in [7, 11) is 0. The van der Waals surface area contributed by atoms with Gasteiger partial charge in [0, 0.05) is 24.0 Å². The monoisotopic (exact) mass is 288 g/mol. The van der Waals surface area contributed by atoms with E-state index in [0.717, 1.165) is 25.3 Å². The maximum atomic E-state index is 4.71. The second kappa shape index (κ2) is 7.44. The van der Waals surface area contributed by atoms with Crippen molar-refractivity contribution in [2.75, 3.05) is 11.9 Å². The van der Waals surface area contributed by atoms with Crippen LogP contribution in [0, 0.1) is 12.8 Å². The Labute approximate surface area is 126 Å². The molecule has 0 unspecified atom stereocenters. The van der Waals surface area contributed by atoms with Gasteiger partial charge in [0.05, 0.1) is 10.7 Å². The molecule has 1 aromatic carbocycles. The van der Waals surface area contributed by atoms with Crippen LogP contribution < -0.4 is 5.32 Å². The van der Waals surface area contributed by atoms with Gasteiger partial charge in [-0.05, 0) is 37.8 Å². The lowest BCUT2D eigenvalue weighted by Crippen LogP contribution is -2.05. The molecule has 0 atom stereocenters. The zero-order chi connectivity index (χ0) is 14.4. The Kier molecular flexibility index (Phi) is 5.60. The lowest BCUT2D eigenvalue weighted by molar-refractivity contribution is 0.585. The number of anilines is 1. The second-order valence-electron chi connectivity index (χ2n) is 5.71. The third-order valence-corrected chi connectivity index (χ3v) is 4.25. The molecule has 0 aliphatic heterocycles. The first kappa shape index (κ1) is 15.0. The normalized spacial score (nSPS) is 11.0. The summed E-state index contributed by atoms with van der Waals surface area (Å²) < 4.78 is 0. The van der Waals surface area contributed by atoms with Gasteiger partial charge in [0.1, 0.15) is 0 Å². The molecule has 1 aromatic heterocycles. The molecule has 0 fully saturated rings. The fraction of sp³-hybridized carbons (Fsp3) is 0.471. The van der Waals surface area contributed by atoms with Gasteiger partial charge in [-0.25, -0.2) is 4.98 Å². The van der Waals surface area contributed by atoms with Crippen LogP contribution in [0.2, 0.25) is 0 Å². The molecule has 20 heavy (non-hydrogen) atoms. The largest absolute Gasteiger partial charge is 0.385 e. The van der Waals surface area contributed by atoms with E-state index in [1.54, 1.807) is 11.3 Å². The van der Waals surface area contributed by atoms with Crippen molar-refractivity contribution in [1.82, 2.24) is 4.98 Å². The topological polar surface area (TPSA) is 24.9 Å². The van der Waals surface area contributed by atoms with E-state index in [0.29, 0.717) is 0 Å². The quantitative estimate of drug-likeness (QED) is 0.799. The van der Waals surface area contributed by atoms with Gasteiger partial charge in [0.15, 0.2) is 0 Å². The van der Waals surface area contributed by atoms with E-state index < -0.39 is 0 Å². The predicted octanol–water partition coefficient (Wildman–Crippen LogP) is 4.69. The fourth-order valence-electron chi connectivity index (χ4n) is 2.00. The van der Waals surface area contributed by atoms with Gasteiger partial charge < -0.3 is 5.32 Å². The van der Waals surface area contributed by atoms with Crippen LogP contribution in [0.15, 0.2) is 29.6 Å². The first-order valence-electron chi connectivity index (χ1n) is 7.37. The van der Waals surface area contributed by atoms with Crippen molar-refractivity contribution in [1.29, 1.82) is 0 Å². The Balaban J connectivity index is 1.75. The third kappa shape index (κ3) is 4.97. The molecule has 2 nitrogen and oxygen atoms in total. The molecule has 1 N–H and O–H groups in total. The summed E-state index contributed by atoms with van der Waals surface area (Å²) in [6.45, 7) is 7.58. The summed E-state index contributed by atoms with van der Waals surface area (Å²) in [6.07, 6.45) is 3.34. The molecule has 0 amide bonds. The Hall–Kier alpha value is -1.35. The highest BCUT2D eigenvalue weighted by atomic mass is 32.1. The van der Waals surface area contributed by atoms with Crippen LogP contribution in [-0.4, -0.2) is 11.5 Å². The molecule has 2 rings (SSSR count). The standard InChI is InChI=1S/C17H24N2S/c1-13(2)4-9-17-19-16(12-20-17)10-11-18-15-7-5-14(3)6-8-15/h5-8,12-13,18H,4,9-11H2,1-3H3. The van der Waals surface area contributed by atoms with Crippen LogP contribution in [0.1, 0.15) is 36.5 Å². The minimum atomic E-state index is 0.755. The summed E-state index contributed by atoms with van der Waals surface area (Å²) in [5, 5.41) is 6.93. The summed E-state index contributed by atoms with van der Waals surface area (Å²) >= 11 is 1.80. The summed E-state index contributed by atoms with van der Waals surface area (Å²) in [4.78, 5) is 4.71. The van der Waals surface area contributed by atoms with Crippen molar-refractivity contribution in [2.45, 2.75) is 40.0 Å². The molecule has 0 saturated carbocycles. The molecule has 108 valence electrons. The van der Waals surface area contributed by atoms with Gasteiger partial charge in [-0.2, -0.15) is 0 Å². The van der Waals surface area contributed by atoms with E-state index in [9.17, 15) is 0 Å². The van der Waals surface area contributed by atoms with Crippen molar-refractivity contribution in [3.8, 4) is 0 Å². The average molecular weight is 288 g/mol. The number of hydrogen-bond donors (Lipinski definition) is 1. The maximum Gasteiger partial charge on any atom is 0.0928 e. The summed E-state index contributed by atoms with van der Waals surface area (Å²) in [6, 6.07) is 8.53. The number of aryl methyl sites for hydroxylation is 2. The fourth-order valence-corrected chi connectivity index (χ4v) is 2.85. The van der Waals surface area contributed by atoms with Crippen LogP contribution in [0.25, 0.3) is 0 Å². The number of thiazole rings is 1. The molecule has 2 aromatic rings. The van der Waals surface area contributed by atoms with E-state index in [2.05, 4.69) is 55.7 Å². The first-order valence-corrected chi connectivity index (χ1v) is 8.25. The molecule has 0 radical (unpaired) electrons. The SMILES string of the molecule is Cc1ccc(NCCc2csc(CCC(C)C)n2)cc1. The molecule has 0 saturated heterocycles. The molecule has 0 aliphatic rings. The molecular weight excluding hydrogens is 264 g/mol.